The van der Waals surface area contributed by atoms with Gasteiger partial charge in [-0.1, -0.05) is 6.07 Å². The lowest BCUT2D eigenvalue weighted by Crippen LogP contribution is -2.03. The number of aldehydes is 1. The molecule has 0 saturated carbocycles. The third-order valence-electron chi connectivity index (χ3n) is 2.08. The Morgan fingerprint density at radius 2 is 2.38 bits per heavy atom. The molecule has 0 aliphatic heterocycles. The monoisotopic (exact) mass is 232 g/mol. The maximum Gasteiger partial charge on any atom is 0.160 e. The zero-order valence-electron chi connectivity index (χ0n) is 9.15. The van der Waals surface area contributed by atoms with E-state index in [1.54, 1.807) is 24.3 Å². The number of nitrogens with zero attached hydrogens (tertiary/aromatic N) is 1. The molecule has 1 heterocycles. The topological polar surface area (TPSA) is 52.9 Å². The Kier molecular flexibility index (Phi) is 4.49. The van der Waals surface area contributed by atoms with Gasteiger partial charge >= 0.3 is 0 Å². The normalized spacial score (nSPS) is 12.7. The molecule has 0 aliphatic carbocycles. The summed E-state index contributed by atoms with van der Waals surface area (Å²) in [5, 5.41) is 13.8. The predicted octanol–water partition coefficient (Wildman–Crippen LogP) is 2.35. The van der Waals surface area contributed by atoms with Gasteiger partial charge in [0.1, 0.15) is 6.07 Å². The minimum atomic E-state index is 0.157. The predicted molar refractivity (Wildman–Crippen MR) is 65.7 cm³/mol. The van der Waals surface area contributed by atoms with Crippen LogP contribution in [0.4, 0.5) is 0 Å². The summed E-state index contributed by atoms with van der Waals surface area (Å²) in [5.74, 6) is 0. The van der Waals surface area contributed by atoms with E-state index in [9.17, 15) is 4.79 Å². The fourth-order valence-corrected chi connectivity index (χ4v) is 1.95. The van der Waals surface area contributed by atoms with Gasteiger partial charge in [-0.3, -0.25) is 4.79 Å². The first-order valence-corrected chi connectivity index (χ1v) is 5.60. The second-order valence-electron chi connectivity index (χ2n) is 3.11. The largest absolute Gasteiger partial charge is 0.387 e. The molecule has 16 heavy (non-hydrogen) atoms. The van der Waals surface area contributed by atoms with Crippen LogP contribution in [0.25, 0.3) is 5.70 Å². The van der Waals surface area contributed by atoms with Gasteiger partial charge in [0.2, 0.25) is 0 Å². The maximum atomic E-state index is 10.6. The van der Waals surface area contributed by atoms with Crippen molar-refractivity contribution in [2.45, 2.75) is 6.92 Å². The summed E-state index contributed by atoms with van der Waals surface area (Å²) >= 11 is 1.60. The van der Waals surface area contributed by atoms with E-state index in [0.717, 1.165) is 10.6 Å². The van der Waals surface area contributed by atoms with E-state index in [-0.39, 0.29) is 5.57 Å². The summed E-state index contributed by atoms with van der Waals surface area (Å²) in [4.78, 5) is 11.7. The van der Waals surface area contributed by atoms with Crippen LogP contribution in [-0.4, -0.2) is 13.3 Å². The number of carbonyl (C=O) groups is 1. The van der Waals surface area contributed by atoms with Crippen LogP contribution in [0.3, 0.4) is 0 Å². The first-order chi connectivity index (χ1) is 7.72. The molecule has 1 aromatic rings. The SMILES string of the molecule is CN/C(=C\C(C)=C(\C#N)C=O)c1cccs1. The van der Waals surface area contributed by atoms with Crippen LogP contribution in [0.2, 0.25) is 0 Å². The second kappa shape index (κ2) is 5.89. The Hall–Kier alpha value is -1.86. The smallest absolute Gasteiger partial charge is 0.160 e. The van der Waals surface area contributed by atoms with Gasteiger partial charge in [0.15, 0.2) is 6.29 Å². The van der Waals surface area contributed by atoms with E-state index in [1.807, 2.05) is 30.6 Å². The van der Waals surface area contributed by atoms with E-state index in [0.29, 0.717) is 11.9 Å². The molecule has 4 heteroatoms. The van der Waals surface area contributed by atoms with Crippen molar-refractivity contribution < 1.29 is 4.79 Å². The molecule has 0 aromatic carbocycles. The molecule has 0 aliphatic rings. The lowest BCUT2D eigenvalue weighted by atomic mass is 10.1. The van der Waals surface area contributed by atoms with Crippen LogP contribution in [-0.2, 0) is 4.79 Å². The van der Waals surface area contributed by atoms with Gasteiger partial charge in [-0.05, 0) is 30.0 Å². The maximum absolute atomic E-state index is 10.6. The van der Waals surface area contributed by atoms with Crippen molar-refractivity contribution in [1.29, 1.82) is 5.26 Å². The number of nitrogens with one attached hydrogen (secondary N) is 1. The van der Waals surface area contributed by atoms with Crippen molar-refractivity contribution in [3.63, 3.8) is 0 Å². The summed E-state index contributed by atoms with van der Waals surface area (Å²) < 4.78 is 0. The number of hydrogen-bond donors (Lipinski definition) is 1. The summed E-state index contributed by atoms with van der Waals surface area (Å²) in [5.41, 5.74) is 1.72. The average Bonchev–Trinajstić information content (AvgIpc) is 2.81. The highest BCUT2D eigenvalue weighted by molar-refractivity contribution is 7.11. The highest BCUT2D eigenvalue weighted by Gasteiger charge is 2.03. The number of allylic oxidation sites excluding steroid dienone is 3. The van der Waals surface area contributed by atoms with Crippen molar-refractivity contribution in [2.75, 3.05) is 7.05 Å². The van der Waals surface area contributed by atoms with Crippen molar-refractivity contribution in [3.8, 4) is 6.07 Å². The minimum Gasteiger partial charge on any atom is -0.387 e. The standard InChI is InChI=1S/C12H12N2OS/c1-9(10(7-13)8-15)6-11(14-2)12-4-3-5-16-12/h3-6,8,14H,1-2H3/b10-9-,11-6-. The molecule has 1 N–H and O–H groups in total. The summed E-state index contributed by atoms with van der Waals surface area (Å²) in [6.07, 6.45) is 2.38. The van der Waals surface area contributed by atoms with Crippen molar-refractivity contribution in [2.24, 2.45) is 0 Å². The summed E-state index contributed by atoms with van der Waals surface area (Å²) in [6.45, 7) is 1.75. The van der Waals surface area contributed by atoms with Crippen molar-refractivity contribution in [1.82, 2.24) is 5.32 Å². The Morgan fingerprint density at radius 3 is 2.81 bits per heavy atom. The molecule has 82 valence electrons. The average molecular weight is 232 g/mol. The molecule has 0 unspecified atom stereocenters. The van der Waals surface area contributed by atoms with E-state index in [4.69, 9.17) is 5.26 Å². The van der Waals surface area contributed by atoms with Crippen LogP contribution >= 0.6 is 11.3 Å². The van der Waals surface area contributed by atoms with E-state index >= 15 is 0 Å². The van der Waals surface area contributed by atoms with Crippen molar-refractivity contribution in [3.05, 3.63) is 39.6 Å². The Morgan fingerprint density at radius 1 is 1.62 bits per heavy atom. The number of nitriles is 1. The molecule has 0 saturated heterocycles. The summed E-state index contributed by atoms with van der Waals surface area (Å²) in [6, 6.07) is 5.80. The van der Waals surface area contributed by atoms with Gasteiger partial charge in [0.05, 0.1) is 16.1 Å². The molecule has 1 rings (SSSR count). The molecule has 0 fully saturated rings. The number of rotatable bonds is 4. The van der Waals surface area contributed by atoms with Gasteiger partial charge in [0, 0.05) is 7.05 Å². The van der Waals surface area contributed by atoms with Crippen molar-refractivity contribution >= 4 is 23.3 Å². The Balaban J connectivity index is 3.12. The minimum absolute atomic E-state index is 0.157. The van der Waals surface area contributed by atoms with Gasteiger partial charge in [-0.2, -0.15) is 5.26 Å². The quantitative estimate of drug-likeness (QED) is 0.375. The molecular weight excluding hydrogens is 220 g/mol. The van der Waals surface area contributed by atoms with Gasteiger partial charge in [0.25, 0.3) is 0 Å². The third-order valence-corrected chi connectivity index (χ3v) is 2.98. The van der Waals surface area contributed by atoms with Crippen LogP contribution in [0.5, 0.6) is 0 Å². The first kappa shape index (κ1) is 12.2. The van der Waals surface area contributed by atoms with Crippen LogP contribution in [0, 0.1) is 11.3 Å². The van der Waals surface area contributed by atoms with Crippen LogP contribution < -0.4 is 5.32 Å². The van der Waals surface area contributed by atoms with Crippen LogP contribution in [0.1, 0.15) is 11.8 Å². The third kappa shape index (κ3) is 2.81. The Labute approximate surface area is 98.7 Å². The van der Waals surface area contributed by atoms with Gasteiger partial charge in [-0.25, -0.2) is 0 Å². The zero-order chi connectivity index (χ0) is 12.0. The lowest BCUT2D eigenvalue weighted by molar-refractivity contribution is -0.104. The molecule has 0 spiro atoms. The second-order valence-corrected chi connectivity index (χ2v) is 4.06. The van der Waals surface area contributed by atoms with E-state index in [1.165, 1.54) is 0 Å². The number of thiophene rings is 1. The zero-order valence-corrected chi connectivity index (χ0v) is 9.97. The van der Waals surface area contributed by atoms with Crippen LogP contribution in [0.15, 0.2) is 34.7 Å². The molecule has 3 nitrogen and oxygen atoms in total. The van der Waals surface area contributed by atoms with Gasteiger partial charge < -0.3 is 5.32 Å². The molecule has 0 atom stereocenters. The lowest BCUT2D eigenvalue weighted by Gasteiger charge is -2.04. The Bertz CT molecular complexity index is 464. The molecule has 0 amide bonds. The number of hydrogen-bond acceptors (Lipinski definition) is 4. The molecule has 0 radical (unpaired) electrons. The van der Waals surface area contributed by atoms with E-state index < -0.39 is 0 Å². The van der Waals surface area contributed by atoms with E-state index in [2.05, 4.69) is 5.32 Å². The molecular formula is C12H12N2OS. The first-order valence-electron chi connectivity index (χ1n) is 4.72. The highest BCUT2D eigenvalue weighted by Crippen LogP contribution is 2.19. The fourth-order valence-electron chi connectivity index (χ4n) is 1.20. The fraction of sp³-hybridized carbons (Fsp3) is 0.167. The van der Waals surface area contributed by atoms with Gasteiger partial charge in [-0.15, -0.1) is 11.3 Å². The number of carbonyl (C=O) groups excluding carboxylic acids is 1. The molecule has 0 bridgehead atoms. The summed E-state index contributed by atoms with van der Waals surface area (Å²) in [7, 11) is 1.81. The highest BCUT2D eigenvalue weighted by atomic mass is 32.1. The molecule has 1 aromatic heterocycles.